The zero-order chi connectivity index (χ0) is 16.4. The van der Waals surface area contributed by atoms with Gasteiger partial charge < -0.3 is 10.2 Å². The Morgan fingerprint density at radius 2 is 1.87 bits per heavy atom. The number of thiocarbonyl (C=S) groups is 1. The van der Waals surface area contributed by atoms with Crippen LogP contribution in [0.1, 0.15) is 48.5 Å². The highest BCUT2D eigenvalue weighted by Crippen LogP contribution is 2.27. The molecule has 3 heterocycles. The number of rotatable bonds is 3. The summed E-state index contributed by atoms with van der Waals surface area (Å²) in [7, 11) is 0. The second kappa shape index (κ2) is 6.97. The largest absolute Gasteiger partial charge is 0.358 e. The van der Waals surface area contributed by atoms with Gasteiger partial charge in [0.15, 0.2) is 5.11 Å². The van der Waals surface area contributed by atoms with Crippen molar-refractivity contribution in [1.29, 1.82) is 0 Å². The summed E-state index contributed by atoms with van der Waals surface area (Å²) in [4.78, 5) is 14.8. The molecule has 0 aliphatic carbocycles. The second-order valence-corrected chi connectivity index (χ2v) is 7.36. The Hall–Kier alpha value is -1.46. The van der Waals surface area contributed by atoms with E-state index in [4.69, 9.17) is 12.2 Å². The number of benzene rings is 1. The molecule has 0 saturated carbocycles. The first-order valence-corrected chi connectivity index (χ1v) is 8.88. The van der Waals surface area contributed by atoms with Crippen LogP contribution in [-0.2, 0) is 0 Å². The molecule has 3 saturated heterocycles. The third-order valence-electron chi connectivity index (χ3n) is 5.04. The Labute approximate surface area is 143 Å². The van der Waals surface area contributed by atoms with Crippen molar-refractivity contribution in [3.05, 3.63) is 35.4 Å². The predicted octanol–water partition coefficient (Wildman–Crippen LogP) is 2.51. The Balaban J connectivity index is 1.54. The summed E-state index contributed by atoms with van der Waals surface area (Å²) in [5.41, 5.74) is 1.88. The van der Waals surface area contributed by atoms with Gasteiger partial charge >= 0.3 is 0 Å². The Bertz CT molecular complexity index is 576. The molecule has 0 radical (unpaired) electrons. The van der Waals surface area contributed by atoms with E-state index in [9.17, 15) is 4.79 Å². The molecular formula is C18H25N3OS. The normalized spacial score (nSPS) is 26.1. The van der Waals surface area contributed by atoms with Crippen molar-refractivity contribution >= 4 is 23.2 Å². The average molecular weight is 331 g/mol. The van der Waals surface area contributed by atoms with Crippen molar-refractivity contribution in [3.8, 4) is 0 Å². The minimum absolute atomic E-state index is 0.140. The molecule has 3 fully saturated rings. The van der Waals surface area contributed by atoms with Gasteiger partial charge in [-0.2, -0.15) is 0 Å². The van der Waals surface area contributed by atoms with Crippen LogP contribution in [0.5, 0.6) is 0 Å². The lowest BCUT2D eigenvalue weighted by molar-refractivity contribution is 0.0807. The van der Waals surface area contributed by atoms with Crippen LogP contribution in [0.25, 0.3) is 0 Å². The molecule has 1 aromatic rings. The summed E-state index contributed by atoms with van der Waals surface area (Å²) in [6, 6.07) is 8.10. The van der Waals surface area contributed by atoms with Gasteiger partial charge in [-0.25, -0.2) is 0 Å². The van der Waals surface area contributed by atoms with E-state index in [-0.39, 0.29) is 5.91 Å². The molecule has 23 heavy (non-hydrogen) atoms. The smallest absolute Gasteiger partial charge is 0.257 e. The van der Waals surface area contributed by atoms with Crippen molar-refractivity contribution in [3.63, 3.8) is 0 Å². The summed E-state index contributed by atoms with van der Waals surface area (Å²) in [6.45, 7) is 7.71. The molecule has 0 aromatic heterocycles. The van der Waals surface area contributed by atoms with Gasteiger partial charge in [-0.05, 0) is 67.7 Å². The number of carbonyl (C=O) groups excluding carboxylic acids is 1. The molecule has 3 aliphatic rings. The lowest BCUT2D eigenvalue weighted by Crippen LogP contribution is -2.59. The summed E-state index contributed by atoms with van der Waals surface area (Å²) >= 11 is 5.33. The fourth-order valence-corrected chi connectivity index (χ4v) is 3.77. The maximum absolute atomic E-state index is 12.3. The van der Waals surface area contributed by atoms with Crippen LogP contribution in [0.15, 0.2) is 24.3 Å². The minimum atomic E-state index is -0.140. The van der Waals surface area contributed by atoms with Crippen LogP contribution < -0.4 is 10.6 Å². The fraction of sp³-hybridized carbons (Fsp3) is 0.556. The Kier molecular flexibility index (Phi) is 4.97. The van der Waals surface area contributed by atoms with Gasteiger partial charge in [0, 0.05) is 18.2 Å². The number of nitrogens with zero attached hydrogens (tertiary/aromatic N) is 1. The SMILES string of the molecule is CC(C)c1ccc(C(=O)NC(=S)NC2CN3CCC2CC3)cc1. The number of fused-ring (bicyclic) bond motifs is 3. The van der Waals surface area contributed by atoms with Crippen LogP contribution in [0, 0.1) is 5.92 Å². The van der Waals surface area contributed by atoms with E-state index in [1.165, 1.54) is 31.5 Å². The van der Waals surface area contributed by atoms with Crippen LogP contribution in [-0.4, -0.2) is 41.6 Å². The molecule has 1 amide bonds. The Morgan fingerprint density at radius 1 is 1.22 bits per heavy atom. The van der Waals surface area contributed by atoms with Crippen LogP contribution in [0.2, 0.25) is 0 Å². The van der Waals surface area contributed by atoms with Crippen LogP contribution >= 0.6 is 12.2 Å². The molecule has 1 unspecified atom stereocenters. The molecular weight excluding hydrogens is 306 g/mol. The van der Waals surface area contributed by atoms with E-state index in [2.05, 4.69) is 29.4 Å². The van der Waals surface area contributed by atoms with E-state index in [0.717, 1.165) is 6.54 Å². The molecule has 2 bridgehead atoms. The van der Waals surface area contributed by atoms with Gasteiger partial charge in [-0.3, -0.25) is 10.1 Å². The molecule has 1 aromatic carbocycles. The van der Waals surface area contributed by atoms with Gasteiger partial charge in [-0.1, -0.05) is 26.0 Å². The average Bonchev–Trinajstić information content (AvgIpc) is 2.56. The summed E-state index contributed by atoms with van der Waals surface area (Å²) in [6.07, 6.45) is 2.45. The molecule has 0 spiro atoms. The third-order valence-corrected chi connectivity index (χ3v) is 5.26. The van der Waals surface area contributed by atoms with Gasteiger partial charge in [0.05, 0.1) is 0 Å². The zero-order valence-electron chi connectivity index (χ0n) is 13.8. The van der Waals surface area contributed by atoms with E-state index < -0.39 is 0 Å². The first-order chi connectivity index (χ1) is 11.0. The van der Waals surface area contributed by atoms with Gasteiger partial charge in [0.1, 0.15) is 0 Å². The van der Waals surface area contributed by atoms with Crippen molar-refractivity contribution in [1.82, 2.24) is 15.5 Å². The van der Waals surface area contributed by atoms with Gasteiger partial charge in [0.25, 0.3) is 5.91 Å². The van der Waals surface area contributed by atoms with E-state index in [0.29, 0.717) is 28.6 Å². The third kappa shape index (κ3) is 3.90. The number of hydrogen-bond donors (Lipinski definition) is 2. The highest BCUT2D eigenvalue weighted by atomic mass is 32.1. The van der Waals surface area contributed by atoms with Gasteiger partial charge in [0.2, 0.25) is 0 Å². The van der Waals surface area contributed by atoms with Crippen molar-refractivity contribution in [2.45, 2.75) is 38.6 Å². The van der Waals surface area contributed by atoms with Crippen molar-refractivity contribution in [2.75, 3.05) is 19.6 Å². The maximum atomic E-state index is 12.3. The molecule has 4 nitrogen and oxygen atoms in total. The lowest BCUT2D eigenvalue weighted by Gasteiger charge is -2.45. The summed E-state index contributed by atoms with van der Waals surface area (Å²) in [5, 5.41) is 6.60. The maximum Gasteiger partial charge on any atom is 0.257 e. The number of nitrogens with one attached hydrogen (secondary N) is 2. The van der Waals surface area contributed by atoms with Crippen LogP contribution in [0.4, 0.5) is 0 Å². The number of amides is 1. The first-order valence-electron chi connectivity index (χ1n) is 8.47. The quantitative estimate of drug-likeness (QED) is 0.836. The van der Waals surface area contributed by atoms with Crippen molar-refractivity contribution < 1.29 is 4.79 Å². The highest BCUT2D eigenvalue weighted by Gasteiger charge is 2.34. The Morgan fingerprint density at radius 3 is 2.39 bits per heavy atom. The number of hydrogen-bond acceptors (Lipinski definition) is 3. The number of carbonyl (C=O) groups is 1. The summed E-state index contributed by atoms with van der Waals surface area (Å²) < 4.78 is 0. The van der Waals surface area contributed by atoms with Gasteiger partial charge in [-0.15, -0.1) is 0 Å². The minimum Gasteiger partial charge on any atom is -0.358 e. The molecule has 1 atom stereocenters. The van der Waals surface area contributed by atoms with E-state index in [1.807, 2.05) is 24.3 Å². The molecule has 3 aliphatic heterocycles. The van der Waals surface area contributed by atoms with E-state index in [1.54, 1.807) is 0 Å². The summed E-state index contributed by atoms with van der Waals surface area (Å²) in [5.74, 6) is 1.01. The molecule has 2 N–H and O–H groups in total. The highest BCUT2D eigenvalue weighted by molar-refractivity contribution is 7.80. The molecule has 5 heteroatoms. The fourth-order valence-electron chi connectivity index (χ4n) is 3.53. The first kappa shape index (κ1) is 16.4. The molecule has 4 rings (SSSR count). The second-order valence-electron chi connectivity index (χ2n) is 6.95. The van der Waals surface area contributed by atoms with E-state index >= 15 is 0 Å². The topological polar surface area (TPSA) is 44.4 Å². The number of piperidine rings is 3. The van der Waals surface area contributed by atoms with Crippen LogP contribution in [0.3, 0.4) is 0 Å². The zero-order valence-corrected chi connectivity index (χ0v) is 14.7. The standard InChI is InChI=1S/C18H25N3OS/c1-12(2)13-3-5-15(6-4-13)17(22)20-18(23)19-16-11-21-9-7-14(16)8-10-21/h3-6,12,14,16H,7-11H2,1-2H3,(H2,19,20,22,23). The monoisotopic (exact) mass is 331 g/mol. The predicted molar refractivity (Wildman–Crippen MR) is 96.7 cm³/mol. The molecule has 124 valence electrons. The lowest BCUT2D eigenvalue weighted by atomic mass is 9.84. The van der Waals surface area contributed by atoms with Crippen molar-refractivity contribution in [2.24, 2.45) is 5.92 Å².